The first-order valence-electron chi connectivity index (χ1n) is 8.90. The maximum absolute atomic E-state index is 12.5. The van der Waals surface area contributed by atoms with Crippen molar-refractivity contribution in [1.29, 1.82) is 0 Å². The zero-order valence-corrected chi connectivity index (χ0v) is 18.2. The number of methoxy groups -OCH3 is 1. The van der Waals surface area contributed by atoms with Crippen LogP contribution in [0, 0.1) is 13.8 Å². The quantitative estimate of drug-likeness (QED) is 0.451. The van der Waals surface area contributed by atoms with Crippen molar-refractivity contribution < 1.29 is 14.3 Å². The van der Waals surface area contributed by atoms with E-state index in [1.165, 1.54) is 30.2 Å². The van der Waals surface area contributed by atoms with Gasteiger partial charge in [0.25, 0.3) is 0 Å². The number of rotatable bonds is 7. The molecule has 152 valence electrons. The molecule has 3 aromatic rings. The topological polar surface area (TPSA) is 99.0 Å². The van der Waals surface area contributed by atoms with Crippen LogP contribution in [-0.4, -0.2) is 44.5 Å². The summed E-state index contributed by atoms with van der Waals surface area (Å²) in [5, 5.41) is 12.5. The minimum absolute atomic E-state index is 0.144. The summed E-state index contributed by atoms with van der Waals surface area (Å²) in [6.45, 7) is 6.41. The van der Waals surface area contributed by atoms with Crippen molar-refractivity contribution in [2.75, 3.05) is 18.2 Å². The van der Waals surface area contributed by atoms with Gasteiger partial charge in [-0.05, 0) is 38.5 Å². The van der Waals surface area contributed by atoms with Crippen molar-refractivity contribution in [2.24, 2.45) is 0 Å². The van der Waals surface area contributed by atoms with Crippen molar-refractivity contribution in [3.8, 4) is 11.4 Å². The van der Waals surface area contributed by atoms with Crippen LogP contribution >= 0.6 is 23.1 Å². The van der Waals surface area contributed by atoms with Crippen LogP contribution in [0.1, 0.15) is 27.7 Å². The molecule has 0 spiro atoms. The Bertz CT molecular complexity index is 1030. The second kappa shape index (κ2) is 9.19. The molecule has 3 heterocycles. The number of pyridine rings is 1. The van der Waals surface area contributed by atoms with Gasteiger partial charge in [0, 0.05) is 29.4 Å². The van der Waals surface area contributed by atoms with Gasteiger partial charge in [0.05, 0.1) is 18.4 Å². The van der Waals surface area contributed by atoms with Crippen LogP contribution in [0.5, 0.6) is 0 Å². The fourth-order valence-corrected chi connectivity index (χ4v) is 4.62. The summed E-state index contributed by atoms with van der Waals surface area (Å²) in [4.78, 5) is 29.5. The Balaban J connectivity index is 1.72. The Morgan fingerprint density at radius 1 is 1.24 bits per heavy atom. The number of anilines is 1. The van der Waals surface area contributed by atoms with Gasteiger partial charge in [0.15, 0.2) is 11.0 Å². The van der Waals surface area contributed by atoms with Crippen LogP contribution in [0.15, 0.2) is 29.7 Å². The highest BCUT2D eigenvalue weighted by Crippen LogP contribution is 2.33. The number of thioether (sulfide) groups is 1. The molecule has 1 N–H and O–H groups in total. The number of esters is 1. The third-order valence-electron chi connectivity index (χ3n) is 4.33. The number of aromatic nitrogens is 4. The van der Waals surface area contributed by atoms with E-state index in [9.17, 15) is 9.59 Å². The second-order valence-corrected chi connectivity index (χ2v) is 8.27. The summed E-state index contributed by atoms with van der Waals surface area (Å²) >= 11 is 2.66. The summed E-state index contributed by atoms with van der Waals surface area (Å²) in [7, 11) is 1.33. The Morgan fingerprint density at radius 2 is 1.97 bits per heavy atom. The van der Waals surface area contributed by atoms with E-state index >= 15 is 0 Å². The molecule has 0 aliphatic rings. The Hall–Kier alpha value is -2.72. The third-order valence-corrected chi connectivity index (χ3v) is 6.42. The summed E-state index contributed by atoms with van der Waals surface area (Å²) in [5.74, 6) is 0.195. The lowest BCUT2D eigenvalue weighted by atomic mass is 10.1. The first-order chi connectivity index (χ1) is 14.0. The van der Waals surface area contributed by atoms with Crippen molar-refractivity contribution in [3.05, 3.63) is 40.5 Å². The third kappa shape index (κ3) is 4.48. The van der Waals surface area contributed by atoms with E-state index in [-0.39, 0.29) is 11.7 Å². The number of thiophene rings is 1. The van der Waals surface area contributed by atoms with Crippen LogP contribution in [0.3, 0.4) is 0 Å². The number of hydrogen-bond donors (Lipinski definition) is 1. The SMILES string of the molecule is CCn1c(SCC(=O)Nc2sc(C)c(C)c2C(=O)OC)nnc1-c1ccncc1. The molecule has 0 aliphatic carbocycles. The predicted octanol–water partition coefficient (Wildman–Crippen LogP) is 3.56. The highest BCUT2D eigenvalue weighted by atomic mass is 32.2. The lowest BCUT2D eigenvalue weighted by Gasteiger charge is -2.08. The molecule has 3 aromatic heterocycles. The average molecular weight is 432 g/mol. The number of hydrogen-bond acceptors (Lipinski definition) is 8. The number of carbonyl (C=O) groups excluding carboxylic acids is 2. The van der Waals surface area contributed by atoms with E-state index < -0.39 is 5.97 Å². The zero-order valence-electron chi connectivity index (χ0n) is 16.6. The van der Waals surface area contributed by atoms with Crippen LogP contribution in [0.4, 0.5) is 5.00 Å². The number of amides is 1. The van der Waals surface area contributed by atoms with Gasteiger partial charge in [-0.2, -0.15) is 0 Å². The van der Waals surface area contributed by atoms with E-state index in [0.717, 1.165) is 21.8 Å². The van der Waals surface area contributed by atoms with Gasteiger partial charge in [0.2, 0.25) is 5.91 Å². The van der Waals surface area contributed by atoms with Crippen molar-refractivity contribution in [1.82, 2.24) is 19.7 Å². The molecule has 0 atom stereocenters. The average Bonchev–Trinajstić information content (AvgIpc) is 3.26. The monoisotopic (exact) mass is 431 g/mol. The molecule has 0 aliphatic heterocycles. The number of nitrogens with one attached hydrogen (secondary N) is 1. The molecule has 0 radical (unpaired) electrons. The summed E-state index contributed by atoms with van der Waals surface area (Å²) < 4.78 is 6.79. The molecule has 0 fully saturated rings. The number of carbonyl (C=O) groups is 2. The standard InChI is InChI=1S/C19H21N5O3S2/c1-5-24-16(13-6-8-20-9-7-13)22-23-19(24)28-10-14(25)21-17-15(18(26)27-4)11(2)12(3)29-17/h6-9H,5,10H2,1-4H3,(H,21,25). The van der Waals surface area contributed by atoms with E-state index in [1.807, 2.05) is 37.5 Å². The lowest BCUT2D eigenvalue weighted by Crippen LogP contribution is -2.16. The molecular weight excluding hydrogens is 410 g/mol. The maximum atomic E-state index is 12.5. The van der Waals surface area contributed by atoms with E-state index in [2.05, 4.69) is 20.5 Å². The van der Waals surface area contributed by atoms with Crippen LogP contribution in [0.25, 0.3) is 11.4 Å². The van der Waals surface area contributed by atoms with E-state index in [4.69, 9.17) is 4.74 Å². The lowest BCUT2D eigenvalue weighted by molar-refractivity contribution is -0.113. The molecule has 8 nitrogen and oxygen atoms in total. The maximum Gasteiger partial charge on any atom is 0.341 e. The predicted molar refractivity (Wildman–Crippen MR) is 113 cm³/mol. The van der Waals surface area contributed by atoms with Crippen molar-refractivity contribution >= 4 is 40.0 Å². The van der Waals surface area contributed by atoms with Gasteiger partial charge in [-0.3, -0.25) is 9.78 Å². The molecule has 0 aromatic carbocycles. The first kappa shape index (κ1) is 21.0. The molecule has 29 heavy (non-hydrogen) atoms. The second-order valence-electron chi connectivity index (χ2n) is 6.10. The van der Waals surface area contributed by atoms with Gasteiger partial charge in [-0.1, -0.05) is 11.8 Å². The Morgan fingerprint density at radius 3 is 2.62 bits per heavy atom. The molecule has 0 saturated carbocycles. The fourth-order valence-electron chi connectivity index (χ4n) is 2.75. The molecule has 0 bridgehead atoms. The molecule has 0 unspecified atom stereocenters. The van der Waals surface area contributed by atoms with Crippen LogP contribution in [0.2, 0.25) is 0 Å². The summed E-state index contributed by atoms with van der Waals surface area (Å²) in [6, 6.07) is 3.74. The van der Waals surface area contributed by atoms with Crippen molar-refractivity contribution in [3.63, 3.8) is 0 Å². The molecule has 3 rings (SSSR count). The van der Waals surface area contributed by atoms with Gasteiger partial charge < -0.3 is 14.6 Å². The smallest absolute Gasteiger partial charge is 0.341 e. The highest BCUT2D eigenvalue weighted by molar-refractivity contribution is 7.99. The Labute approximate surface area is 176 Å². The molecular formula is C19H21N5O3S2. The van der Waals surface area contributed by atoms with Gasteiger partial charge in [-0.15, -0.1) is 21.5 Å². The number of ether oxygens (including phenoxy) is 1. The van der Waals surface area contributed by atoms with E-state index in [1.54, 1.807) is 12.4 Å². The molecule has 0 saturated heterocycles. The van der Waals surface area contributed by atoms with E-state index in [0.29, 0.717) is 22.3 Å². The Kier molecular flexibility index (Phi) is 6.65. The van der Waals surface area contributed by atoms with Crippen LogP contribution < -0.4 is 5.32 Å². The van der Waals surface area contributed by atoms with Gasteiger partial charge in [-0.25, -0.2) is 4.79 Å². The minimum Gasteiger partial charge on any atom is -0.465 e. The summed E-state index contributed by atoms with van der Waals surface area (Å²) in [5.41, 5.74) is 2.14. The number of nitrogens with zero attached hydrogens (tertiary/aromatic N) is 4. The van der Waals surface area contributed by atoms with Gasteiger partial charge in [0.1, 0.15) is 5.00 Å². The minimum atomic E-state index is -0.456. The normalized spacial score (nSPS) is 10.8. The largest absolute Gasteiger partial charge is 0.465 e. The van der Waals surface area contributed by atoms with Crippen molar-refractivity contribution in [2.45, 2.75) is 32.5 Å². The zero-order chi connectivity index (χ0) is 21.0. The summed E-state index contributed by atoms with van der Waals surface area (Å²) in [6.07, 6.45) is 3.41. The van der Waals surface area contributed by atoms with Gasteiger partial charge >= 0.3 is 5.97 Å². The molecule has 10 heteroatoms. The highest BCUT2D eigenvalue weighted by Gasteiger charge is 2.22. The van der Waals surface area contributed by atoms with Crippen LogP contribution in [-0.2, 0) is 16.1 Å². The fraction of sp³-hybridized carbons (Fsp3) is 0.316. The molecule has 1 amide bonds. The first-order valence-corrected chi connectivity index (χ1v) is 10.7. The number of aryl methyl sites for hydroxylation is 1.